The molecule has 0 saturated heterocycles. The summed E-state index contributed by atoms with van der Waals surface area (Å²) in [5.41, 5.74) is 0.478. The van der Waals surface area contributed by atoms with Crippen LogP contribution in [0, 0.1) is 6.92 Å². The summed E-state index contributed by atoms with van der Waals surface area (Å²) in [5, 5.41) is 0. The number of carbonyl (C=O) groups is 1. The van der Waals surface area contributed by atoms with Crippen molar-refractivity contribution in [2.24, 2.45) is 7.05 Å². The number of carbonyl (C=O) groups excluding carboxylic acids is 1. The van der Waals surface area contributed by atoms with E-state index in [9.17, 15) is 4.79 Å². The number of ketones is 1. The van der Waals surface area contributed by atoms with Gasteiger partial charge in [0, 0.05) is 38.5 Å². The highest BCUT2D eigenvalue weighted by Crippen LogP contribution is 2.05. The summed E-state index contributed by atoms with van der Waals surface area (Å²) in [5.74, 6) is 1.55. The molecule has 5 nitrogen and oxygen atoms in total. The molecule has 0 aromatic carbocycles. The Labute approximate surface area is 99.6 Å². The zero-order valence-electron chi connectivity index (χ0n) is 9.92. The second-order valence-electron chi connectivity index (χ2n) is 3.87. The van der Waals surface area contributed by atoms with Crippen molar-refractivity contribution in [3.8, 4) is 0 Å². The Bertz CT molecular complexity index is 533. The third kappa shape index (κ3) is 2.75. The molecule has 88 valence electrons. The van der Waals surface area contributed by atoms with Crippen LogP contribution in [0.4, 0.5) is 0 Å². The zero-order chi connectivity index (χ0) is 12.3. The third-order valence-electron chi connectivity index (χ3n) is 2.56. The summed E-state index contributed by atoms with van der Waals surface area (Å²) in [7, 11) is 1.92. The van der Waals surface area contributed by atoms with Crippen molar-refractivity contribution in [3.05, 3.63) is 42.0 Å². The molecule has 0 aliphatic carbocycles. The van der Waals surface area contributed by atoms with Crippen LogP contribution < -0.4 is 0 Å². The van der Waals surface area contributed by atoms with Crippen LogP contribution in [0.5, 0.6) is 0 Å². The third-order valence-corrected chi connectivity index (χ3v) is 2.56. The fourth-order valence-corrected chi connectivity index (χ4v) is 1.60. The minimum atomic E-state index is 0.0264. The highest BCUT2D eigenvalue weighted by molar-refractivity contribution is 5.94. The van der Waals surface area contributed by atoms with Crippen molar-refractivity contribution < 1.29 is 4.79 Å². The largest absolute Gasteiger partial charge is 0.338 e. The van der Waals surface area contributed by atoms with Gasteiger partial charge in [0.1, 0.15) is 17.3 Å². The number of nitrogens with zero attached hydrogens (tertiary/aromatic N) is 4. The van der Waals surface area contributed by atoms with Crippen LogP contribution in [0.3, 0.4) is 0 Å². The molecule has 2 heterocycles. The molecule has 0 fully saturated rings. The molecule has 0 N–H and O–H groups in total. The monoisotopic (exact) mass is 230 g/mol. The Morgan fingerprint density at radius 2 is 2.18 bits per heavy atom. The van der Waals surface area contributed by atoms with Crippen LogP contribution in [0.1, 0.15) is 28.6 Å². The molecule has 2 aromatic rings. The van der Waals surface area contributed by atoms with Gasteiger partial charge in [0.15, 0.2) is 5.78 Å². The molecular formula is C12H14N4O. The first-order valence-corrected chi connectivity index (χ1v) is 5.46. The van der Waals surface area contributed by atoms with Gasteiger partial charge >= 0.3 is 0 Å². The van der Waals surface area contributed by atoms with Crippen molar-refractivity contribution in [2.75, 3.05) is 0 Å². The van der Waals surface area contributed by atoms with Crippen LogP contribution in [0.2, 0.25) is 0 Å². The summed E-state index contributed by atoms with van der Waals surface area (Å²) in [4.78, 5) is 24.1. The number of imidazole rings is 1. The van der Waals surface area contributed by atoms with Crippen molar-refractivity contribution >= 4 is 5.78 Å². The lowest BCUT2D eigenvalue weighted by molar-refractivity contribution is 0.0976. The van der Waals surface area contributed by atoms with E-state index in [1.54, 1.807) is 25.4 Å². The Morgan fingerprint density at radius 1 is 1.35 bits per heavy atom. The van der Waals surface area contributed by atoms with E-state index in [0.717, 1.165) is 5.82 Å². The average Bonchev–Trinajstić information content (AvgIpc) is 2.72. The molecule has 5 heteroatoms. The van der Waals surface area contributed by atoms with Gasteiger partial charge in [-0.1, -0.05) is 0 Å². The molecule has 0 unspecified atom stereocenters. The molecule has 0 aliphatic rings. The topological polar surface area (TPSA) is 60.7 Å². The van der Waals surface area contributed by atoms with E-state index in [1.165, 1.54) is 0 Å². The van der Waals surface area contributed by atoms with Crippen LogP contribution in [0.25, 0.3) is 0 Å². The fraction of sp³-hybridized carbons (Fsp3) is 0.333. The van der Waals surface area contributed by atoms with Crippen molar-refractivity contribution in [1.29, 1.82) is 0 Å². The van der Waals surface area contributed by atoms with E-state index in [1.807, 2.05) is 17.8 Å². The van der Waals surface area contributed by atoms with Crippen LogP contribution in [-0.4, -0.2) is 25.3 Å². The number of hydrogen-bond acceptors (Lipinski definition) is 4. The molecule has 0 bridgehead atoms. The molecule has 0 radical (unpaired) electrons. The predicted molar refractivity (Wildman–Crippen MR) is 62.6 cm³/mol. The molecule has 2 rings (SSSR count). The van der Waals surface area contributed by atoms with Crippen molar-refractivity contribution in [1.82, 2.24) is 19.5 Å². The second kappa shape index (κ2) is 4.86. The number of Topliss-reactive ketones (excluding diaryl/α,β-unsaturated/α-hetero) is 1. The van der Waals surface area contributed by atoms with E-state index in [0.29, 0.717) is 24.4 Å². The standard InChI is InChI=1S/C12H14N4O/c1-9-13-6-5-10(15-9)11(17)3-4-12-14-7-8-16(12)2/h5-8H,3-4H2,1-2H3. The van der Waals surface area contributed by atoms with Gasteiger partial charge in [-0.25, -0.2) is 15.0 Å². The average molecular weight is 230 g/mol. The molecule has 0 spiro atoms. The first-order valence-electron chi connectivity index (χ1n) is 5.46. The normalized spacial score (nSPS) is 10.5. The summed E-state index contributed by atoms with van der Waals surface area (Å²) in [6.07, 6.45) is 6.26. The lowest BCUT2D eigenvalue weighted by Crippen LogP contribution is -2.07. The van der Waals surface area contributed by atoms with Gasteiger partial charge in [0.05, 0.1) is 0 Å². The van der Waals surface area contributed by atoms with E-state index in [-0.39, 0.29) is 5.78 Å². The van der Waals surface area contributed by atoms with E-state index < -0.39 is 0 Å². The number of hydrogen-bond donors (Lipinski definition) is 0. The first-order chi connectivity index (χ1) is 8.16. The van der Waals surface area contributed by atoms with Crippen molar-refractivity contribution in [2.45, 2.75) is 19.8 Å². The molecule has 0 amide bonds. The molecule has 0 saturated carbocycles. The zero-order valence-corrected chi connectivity index (χ0v) is 9.92. The van der Waals surface area contributed by atoms with Gasteiger partial charge in [-0.2, -0.15) is 0 Å². The minimum absolute atomic E-state index is 0.0264. The van der Waals surface area contributed by atoms with Gasteiger partial charge in [-0.3, -0.25) is 4.79 Å². The van der Waals surface area contributed by atoms with E-state index in [4.69, 9.17) is 0 Å². The lowest BCUT2D eigenvalue weighted by Gasteiger charge is -2.02. The summed E-state index contributed by atoms with van der Waals surface area (Å²) in [6.45, 7) is 1.77. The molecular weight excluding hydrogens is 216 g/mol. The van der Waals surface area contributed by atoms with Crippen molar-refractivity contribution in [3.63, 3.8) is 0 Å². The Morgan fingerprint density at radius 3 is 2.82 bits per heavy atom. The maximum Gasteiger partial charge on any atom is 0.181 e. The predicted octanol–water partition coefficient (Wildman–Crippen LogP) is 1.33. The Balaban J connectivity index is 2.01. The number of aryl methyl sites for hydroxylation is 3. The van der Waals surface area contributed by atoms with E-state index >= 15 is 0 Å². The summed E-state index contributed by atoms with van der Waals surface area (Å²) in [6, 6.07) is 1.65. The molecule has 17 heavy (non-hydrogen) atoms. The first kappa shape index (κ1) is 11.4. The fourth-order valence-electron chi connectivity index (χ4n) is 1.60. The smallest absolute Gasteiger partial charge is 0.181 e. The second-order valence-corrected chi connectivity index (χ2v) is 3.87. The summed E-state index contributed by atoms with van der Waals surface area (Å²) < 4.78 is 1.92. The van der Waals surface area contributed by atoms with E-state index in [2.05, 4.69) is 15.0 Å². The van der Waals surface area contributed by atoms with Crippen LogP contribution in [0.15, 0.2) is 24.7 Å². The van der Waals surface area contributed by atoms with Gasteiger partial charge in [0.2, 0.25) is 0 Å². The van der Waals surface area contributed by atoms with Gasteiger partial charge < -0.3 is 4.57 Å². The maximum absolute atomic E-state index is 11.9. The molecule has 2 aromatic heterocycles. The molecule has 0 atom stereocenters. The number of aromatic nitrogens is 4. The van der Waals surface area contributed by atoms with Crippen LogP contribution >= 0.6 is 0 Å². The quantitative estimate of drug-likeness (QED) is 0.743. The Kier molecular flexibility index (Phi) is 3.27. The van der Waals surface area contributed by atoms with Gasteiger partial charge in [-0.15, -0.1) is 0 Å². The van der Waals surface area contributed by atoms with Gasteiger partial charge in [0.25, 0.3) is 0 Å². The summed E-state index contributed by atoms with van der Waals surface area (Å²) >= 11 is 0. The Hall–Kier alpha value is -2.04. The lowest BCUT2D eigenvalue weighted by atomic mass is 10.1. The molecule has 0 aliphatic heterocycles. The number of rotatable bonds is 4. The highest BCUT2D eigenvalue weighted by atomic mass is 16.1. The SMILES string of the molecule is Cc1nccc(C(=O)CCc2nccn2C)n1. The highest BCUT2D eigenvalue weighted by Gasteiger charge is 2.09. The maximum atomic E-state index is 11.9. The minimum Gasteiger partial charge on any atom is -0.338 e. The van der Waals surface area contributed by atoms with Crippen LogP contribution in [-0.2, 0) is 13.5 Å². The van der Waals surface area contributed by atoms with Gasteiger partial charge in [-0.05, 0) is 13.0 Å².